The van der Waals surface area contributed by atoms with E-state index in [2.05, 4.69) is 77.1 Å². The Kier molecular flexibility index (Phi) is 21.6. The first-order valence-corrected chi connectivity index (χ1v) is 35.8. The summed E-state index contributed by atoms with van der Waals surface area (Å²) < 4.78 is 95.3. The van der Waals surface area contributed by atoms with Crippen molar-refractivity contribution in [1.82, 2.24) is 53.1 Å². The van der Waals surface area contributed by atoms with E-state index in [4.69, 9.17) is 21.1 Å². The van der Waals surface area contributed by atoms with Crippen molar-refractivity contribution in [2.24, 2.45) is 0 Å². The minimum Gasteiger partial charge on any atom is -0.492 e. The molecule has 0 bridgehead atoms. The number of aromatic nitrogens is 6. The third-order valence-electron chi connectivity index (χ3n) is 15.6. The highest BCUT2D eigenvalue weighted by Crippen LogP contribution is 2.34. The van der Waals surface area contributed by atoms with E-state index in [-0.39, 0.29) is 25.7 Å². The second-order valence-corrected chi connectivity index (χ2v) is 30.9. The van der Waals surface area contributed by atoms with Crippen LogP contribution in [0.3, 0.4) is 0 Å². The van der Waals surface area contributed by atoms with Gasteiger partial charge in [-0.25, -0.2) is 35.5 Å². The number of nitrogens with one attached hydrogen (secondary N) is 4. The third kappa shape index (κ3) is 16.6. The molecular weight excluding hydrogens is 1300 g/mol. The van der Waals surface area contributed by atoms with Crippen LogP contribution in [0.2, 0.25) is 5.02 Å². The van der Waals surface area contributed by atoms with Crippen LogP contribution in [0.4, 0.5) is 5.69 Å². The zero-order chi connectivity index (χ0) is 65.3. The molecule has 30 heteroatoms. The molecule has 4 aromatic carbocycles. The number of aryl methyl sites for hydroxylation is 4. The van der Waals surface area contributed by atoms with Crippen molar-refractivity contribution in [3.05, 3.63) is 196 Å². The van der Waals surface area contributed by atoms with Gasteiger partial charge in [-0.3, -0.25) is 29.0 Å². The van der Waals surface area contributed by atoms with E-state index >= 15 is 0 Å². The predicted molar refractivity (Wildman–Crippen MR) is 357 cm³/mol. The van der Waals surface area contributed by atoms with Crippen LogP contribution in [-0.2, 0) is 30.1 Å². The first-order chi connectivity index (χ1) is 44.0. The van der Waals surface area contributed by atoms with Gasteiger partial charge in [-0.15, -0.1) is 22.7 Å². The number of fused-ring (bicyclic) bond motifs is 1. The number of aromatic amines is 4. The molecule has 0 unspecified atom stereocenters. The number of rotatable bonds is 17. The molecule has 3 aliphatic rings. The standard InChI is InChI=1S/C22H26N4O5S.C20H21ClN4O4S2.C20H22N4O3S2/c1-15-3-5-17(6-4-15)31-12-11-25-7-9-26(10-8-25)32(29,30)20-14-19-18(13-16(20)2)23-21(27)22(28)24-19;21-15-1-3-16(4-2-15)29-14-13-24-9-11-25(12-10-24)31(27,28)20-8-6-18(30-20)17-5-7-19(26)23-22-17;1-14-3-4-15(2)17(13-14)23-9-11-24(12-10-23)29(26,27)20-8-6-18(28-20)16-5-7-19(25)22-21-16/h3-6,13-14H,7-12H2,1-2H3,(H,23,27)(H,24,28);1-8H,9-14H2,(H,23,26);3-8,13H,9-12H2,1-2H3,(H,22,25). The van der Waals surface area contributed by atoms with Crippen LogP contribution < -0.4 is 36.6 Å². The summed E-state index contributed by atoms with van der Waals surface area (Å²) in [5, 5.41) is 13.3. The van der Waals surface area contributed by atoms with Crippen molar-refractivity contribution < 1.29 is 34.7 Å². The van der Waals surface area contributed by atoms with Gasteiger partial charge in [-0.1, -0.05) is 41.4 Å². The highest BCUT2D eigenvalue weighted by atomic mass is 35.5. The maximum absolute atomic E-state index is 13.3. The molecule has 24 nitrogen and oxygen atoms in total. The second-order valence-electron chi connectivity index (χ2n) is 22.1. The lowest BCUT2D eigenvalue weighted by molar-refractivity contribution is 0.159. The first-order valence-electron chi connectivity index (χ1n) is 29.4. The number of ether oxygens (including phenoxy) is 2. The summed E-state index contributed by atoms with van der Waals surface area (Å²) in [7, 11) is -10.9. The summed E-state index contributed by atoms with van der Waals surface area (Å²) in [5.41, 5.74) is 4.84. The average molecular weight is 1370 g/mol. The van der Waals surface area contributed by atoms with E-state index in [0.717, 1.165) is 29.4 Å². The molecule has 3 saturated heterocycles. The topological polar surface area (TPSA) is 298 Å². The fraction of sp³-hybridized carbons (Fsp3) is 0.323. The molecule has 0 radical (unpaired) electrons. The molecule has 0 amide bonds. The van der Waals surface area contributed by atoms with Gasteiger partial charge in [0.25, 0.3) is 31.2 Å². The van der Waals surface area contributed by atoms with E-state index in [1.165, 1.54) is 60.5 Å². The van der Waals surface area contributed by atoms with E-state index in [0.29, 0.717) is 140 Å². The first kappa shape index (κ1) is 67.2. The van der Waals surface area contributed by atoms with Crippen LogP contribution in [0.1, 0.15) is 22.3 Å². The van der Waals surface area contributed by atoms with Crippen LogP contribution in [0.25, 0.3) is 32.2 Å². The molecule has 0 aliphatic carbocycles. The van der Waals surface area contributed by atoms with Crippen molar-refractivity contribution in [3.8, 4) is 32.6 Å². The van der Waals surface area contributed by atoms with Gasteiger partial charge in [-0.05, 0) is 135 Å². The Balaban J connectivity index is 0.000000151. The van der Waals surface area contributed by atoms with E-state index in [1.54, 1.807) is 65.8 Å². The van der Waals surface area contributed by atoms with Gasteiger partial charge in [-0.2, -0.15) is 23.1 Å². The number of piperazine rings is 3. The number of thiophene rings is 2. The Bertz CT molecular complexity index is 4610. The Labute approximate surface area is 544 Å². The second kappa shape index (κ2) is 29.5. The molecule has 0 spiro atoms. The molecule has 8 heterocycles. The zero-order valence-electron chi connectivity index (χ0n) is 50.8. The number of nitrogens with zero attached hydrogens (tertiary/aromatic N) is 8. The number of benzene rings is 4. The normalized spacial score (nSPS) is 15.7. The fourth-order valence-corrected chi connectivity index (χ4v) is 17.9. The maximum Gasteiger partial charge on any atom is 0.314 e. The molecule has 92 heavy (non-hydrogen) atoms. The summed E-state index contributed by atoms with van der Waals surface area (Å²) in [6.07, 6.45) is 0. The number of halogens is 1. The van der Waals surface area contributed by atoms with Gasteiger partial charge in [0, 0.05) is 114 Å². The highest BCUT2D eigenvalue weighted by molar-refractivity contribution is 7.91. The maximum atomic E-state index is 13.3. The van der Waals surface area contributed by atoms with Gasteiger partial charge in [0.15, 0.2) is 0 Å². The SMILES string of the molecule is Cc1ccc(C)c(N2CCN(S(=O)(=O)c3ccc(-c4ccc(=O)[nH]n4)s3)CC2)c1.Cc1ccc(OCCN2CCN(S(=O)(=O)c3cc4[nH]c(=O)c(=O)[nH]c4cc3C)CC2)cc1.O=c1ccc(-c2ccc(S(=O)(=O)N3CCN(CCOc4ccc(Cl)cc4)CC3)s2)n[nH]1. The number of H-pyrrole nitrogens is 4. The summed E-state index contributed by atoms with van der Waals surface area (Å²) in [6, 6.07) is 37.0. The average Bonchev–Trinajstić information content (AvgIpc) is 0.901. The number of hydrogen-bond donors (Lipinski definition) is 4. The lowest BCUT2D eigenvalue weighted by Crippen LogP contribution is -2.49. The Hall–Kier alpha value is -7.68. The van der Waals surface area contributed by atoms with Crippen molar-refractivity contribution in [1.29, 1.82) is 0 Å². The largest absolute Gasteiger partial charge is 0.492 e. The monoisotopic (exact) mass is 1370 g/mol. The molecule has 12 rings (SSSR count). The van der Waals surface area contributed by atoms with Gasteiger partial charge in [0.2, 0.25) is 10.0 Å². The molecule has 0 saturated carbocycles. The molecule has 3 fully saturated rings. The van der Waals surface area contributed by atoms with E-state index in [1.807, 2.05) is 43.3 Å². The minimum atomic E-state index is -3.74. The van der Waals surface area contributed by atoms with Gasteiger partial charge in [0.1, 0.15) is 44.5 Å². The molecule has 486 valence electrons. The predicted octanol–water partition coefficient (Wildman–Crippen LogP) is 6.38. The number of hydrogen-bond acceptors (Lipinski definition) is 19. The summed E-state index contributed by atoms with van der Waals surface area (Å²) >= 11 is 8.18. The van der Waals surface area contributed by atoms with Gasteiger partial charge >= 0.3 is 11.1 Å². The fourth-order valence-electron chi connectivity index (χ4n) is 10.4. The lowest BCUT2D eigenvalue weighted by Gasteiger charge is -2.36. The molecule has 3 aliphatic heterocycles. The molecule has 9 aromatic rings. The Morgan fingerprint density at radius 1 is 0.467 bits per heavy atom. The van der Waals surface area contributed by atoms with E-state index < -0.39 is 41.2 Å². The molecule has 4 N–H and O–H groups in total. The molecule has 0 atom stereocenters. The minimum absolute atomic E-state index is 0.129. The van der Waals surface area contributed by atoms with Crippen LogP contribution in [-0.4, -0.2) is 183 Å². The van der Waals surface area contributed by atoms with Gasteiger partial charge < -0.3 is 24.3 Å². The third-order valence-corrected chi connectivity index (χ3v) is 24.9. The summed E-state index contributed by atoms with van der Waals surface area (Å²) in [6.45, 7) is 16.6. The summed E-state index contributed by atoms with van der Waals surface area (Å²) in [4.78, 5) is 58.5. The highest BCUT2D eigenvalue weighted by Gasteiger charge is 2.33. The van der Waals surface area contributed by atoms with Crippen molar-refractivity contribution in [2.75, 3.05) is 110 Å². The van der Waals surface area contributed by atoms with Crippen LogP contribution in [0.15, 0.2) is 160 Å². The number of sulfonamides is 3. The van der Waals surface area contributed by atoms with E-state index in [9.17, 15) is 44.4 Å². The molecule has 5 aromatic heterocycles. The van der Waals surface area contributed by atoms with Gasteiger partial charge in [0.05, 0.1) is 25.7 Å². The summed E-state index contributed by atoms with van der Waals surface area (Å²) in [5.74, 6) is 1.58. The molecular formula is C62H69ClN12O12S5. The lowest BCUT2D eigenvalue weighted by atomic mass is 10.1. The zero-order valence-corrected chi connectivity index (χ0v) is 55.7. The Morgan fingerprint density at radius 3 is 1.37 bits per heavy atom. The van der Waals surface area contributed by atoms with Crippen molar-refractivity contribution in [2.45, 2.75) is 41.0 Å². The van der Waals surface area contributed by atoms with Crippen LogP contribution >= 0.6 is 34.3 Å². The van der Waals surface area contributed by atoms with Crippen LogP contribution in [0, 0.1) is 27.7 Å². The smallest absolute Gasteiger partial charge is 0.314 e. The Morgan fingerprint density at radius 2 is 0.902 bits per heavy atom. The van der Waals surface area contributed by atoms with Crippen LogP contribution in [0.5, 0.6) is 11.5 Å². The van der Waals surface area contributed by atoms with Crippen molar-refractivity contribution in [3.63, 3.8) is 0 Å². The van der Waals surface area contributed by atoms with Crippen molar-refractivity contribution >= 4 is 81.1 Å². The quantitative estimate of drug-likeness (QED) is 0.0719. The number of anilines is 1.